The summed E-state index contributed by atoms with van der Waals surface area (Å²) in [6.45, 7) is 2.76. The van der Waals surface area contributed by atoms with Crippen LogP contribution in [0.2, 0.25) is 0 Å². The van der Waals surface area contributed by atoms with Crippen LogP contribution in [0.25, 0.3) is 0 Å². The lowest BCUT2D eigenvalue weighted by atomic mass is 9.82. The maximum atomic E-state index is 12.2. The number of carbonyl (C=O) groups is 1. The zero-order chi connectivity index (χ0) is 12.8. The van der Waals surface area contributed by atoms with Gasteiger partial charge < -0.3 is 14.4 Å². The highest BCUT2D eigenvalue weighted by atomic mass is 16.7. The standard InChI is InChI=1S/C13H25NO3/c1-10-5-7-11(8-6-10)13(15)14(2)9-12(16-3)17-4/h10-12H,5-9H2,1-4H3. The normalized spacial score (nSPS) is 25.0. The van der Waals surface area contributed by atoms with Gasteiger partial charge in [0.1, 0.15) is 0 Å². The predicted octanol–water partition coefficient (Wildman–Crippen LogP) is 1.89. The van der Waals surface area contributed by atoms with Gasteiger partial charge in [0.25, 0.3) is 0 Å². The van der Waals surface area contributed by atoms with Gasteiger partial charge in [0.05, 0.1) is 6.54 Å². The van der Waals surface area contributed by atoms with E-state index in [0.29, 0.717) is 6.54 Å². The molecule has 1 aliphatic rings. The van der Waals surface area contributed by atoms with Gasteiger partial charge in [-0.3, -0.25) is 4.79 Å². The molecule has 0 radical (unpaired) electrons. The molecule has 0 aliphatic heterocycles. The fraction of sp³-hybridized carbons (Fsp3) is 0.923. The van der Waals surface area contributed by atoms with Crippen molar-refractivity contribution in [1.29, 1.82) is 0 Å². The van der Waals surface area contributed by atoms with Gasteiger partial charge in [-0.25, -0.2) is 0 Å². The first kappa shape index (κ1) is 14.5. The molecular formula is C13H25NO3. The van der Waals surface area contributed by atoms with Gasteiger partial charge in [0, 0.05) is 27.2 Å². The van der Waals surface area contributed by atoms with E-state index in [0.717, 1.165) is 18.8 Å². The third-order valence-corrected chi connectivity index (χ3v) is 3.69. The van der Waals surface area contributed by atoms with Crippen molar-refractivity contribution in [3.8, 4) is 0 Å². The van der Waals surface area contributed by atoms with Crippen molar-refractivity contribution in [3.05, 3.63) is 0 Å². The Balaban J connectivity index is 2.40. The van der Waals surface area contributed by atoms with Crippen molar-refractivity contribution in [3.63, 3.8) is 0 Å². The Labute approximate surface area is 104 Å². The summed E-state index contributed by atoms with van der Waals surface area (Å²) < 4.78 is 10.2. The van der Waals surface area contributed by atoms with Crippen molar-refractivity contribution in [2.24, 2.45) is 11.8 Å². The number of likely N-dealkylation sites (N-methyl/N-ethyl adjacent to an activating group) is 1. The zero-order valence-electron chi connectivity index (χ0n) is 11.4. The molecule has 0 spiro atoms. The molecule has 1 fully saturated rings. The van der Waals surface area contributed by atoms with Gasteiger partial charge in [-0.2, -0.15) is 0 Å². The molecule has 0 saturated heterocycles. The van der Waals surface area contributed by atoms with E-state index in [9.17, 15) is 4.79 Å². The summed E-state index contributed by atoms with van der Waals surface area (Å²) in [6, 6.07) is 0. The number of methoxy groups -OCH3 is 2. The maximum Gasteiger partial charge on any atom is 0.225 e. The van der Waals surface area contributed by atoms with Crippen LogP contribution in [-0.2, 0) is 14.3 Å². The molecule has 0 aromatic carbocycles. The van der Waals surface area contributed by atoms with Crippen molar-refractivity contribution < 1.29 is 14.3 Å². The summed E-state index contributed by atoms with van der Waals surface area (Å²) >= 11 is 0. The molecule has 1 rings (SSSR count). The van der Waals surface area contributed by atoms with Crippen LogP contribution in [0, 0.1) is 11.8 Å². The van der Waals surface area contributed by atoms with E-state index in [4.69, 9.17) is 9.47 Å². The maximum absolute atomic E-state index is 12.2. The Morgan fingerprint density at radius 2 is 1.76 bits per heavy atom. The molecule has 0 heterocycles. The van der Waals surface area contributed by atoms with E-state index in [-0.39, 0.29) is 18.1 Å². The highest BCUT2D eigenvalue weighted by molar-refractivity contribution is 5.78. The predicted molar refractivity (Wildman–Crippen MR) is 66.6 cm³/mol. The molecule has 17 heavy (non-hydrogen) atoms. The fourth-order valence-corrected chi connectivity index (χ4v) is 2.38. The number of hydrogen-bond donors (Lipinski definition) is 0. The number of amides is 1. The SMILES string of the molecule is COC(CN(C)C(=O)C1CCC(C)CC1)OC. The molecule has 1 aliphatic carbocycles. The Morgan fingerprint density at radius 1 is 1.24 bits per heavy atom. The summed E-state index contributed by atoms with van der Waals surface area (Å²) in [5.41, 5.74) is 0. The van der Waals surface area contributed by atoms with Crippen LogP contribution >= 0.6 is 0 Å². The summed E-state index contributed by atoms with van der Waals surface area (Å²) in [6.07, 6.45) is 4.06. The fourth-order valence-electron chi connectivity index (χ4n) is 2.38. The van der Waals surface area contributed by atoms with Gasteiger partial charge in [0.15, 0.2) is 6.29 Å². The van der Waals surface area contributed by atoms with Crippen LogP contribution in [-0.4, -0.2) is 44.9 Å². The molecule has 0 aromatic rings. The van der Waals surface area contributed by atoms with Crippen LogP contribution in [0.5, 0.6) is 0 Å². The van der Waals surface area contributed by atoms with Crippen LogP contribution in [0.4, 0.5) is 0 Å². The van der Waals surface area contributed by atoms with Crippen molar-refractivity contribution >= 4 is 5.91 Å². The Bertz CT molecular complexity index is 233. The van der Waals surface area contributed by atoms with Crippen LogP contribution < -0.4 is 0 Å². The topological polar surface area (TPSA) is 38.8 Å². The third-order valence-electron chi connectivity index (χ3n) is 3.69. The van der Waals surface area contributed by atoms with E-state index < -0.39 is 0 Å². The van der Waals surface area contributed by atoms with E-state index in [2.05, 4.69) is 6.92 Å². The molecule has 4 nitrogen and oxygen atoms in total. The first-order chi connectivity index (χ1) is 8.08. The lowest BCUT2D eigenvalue weighted by Crippen LogP contribution is -2.40. The average molecular weight is 243 g/mol. The van der Waals surface area contributed by atoms with E-state index in [1.54, 1.807) is 19.1 Å². The van der Waals surface area contributed by atoms with E-state index in [1.807, 2.05) is 7.05 Å². The first-order valence-corrected chi connectivity index (χ1v) is 6.39. The smallest absolute Gasteiger partial charge is 0.225 e. The second kappa shape index (κ2) is 6.97. The minimum Gasteiger partial charge on any atom is -0.354 e. The number of ether oxygens (including phenoxy) is 2. The number of rotatable bonds is 5. The van der Waals surface area contributed by atoms with Gasteiger partial charge >= 0.3 is 0 Å². The average Bonchev–Trinajstić information content (AvgIpc) is 2.35. The van der Waals surface area contributed by atoms with Gasteiger partial charge in [-0.1, -0.05) is 6.92 Å². The molecule has 0 N–H and O–H groups in total. The monoisotopic (exact) mass is 243 g/mol. The van der Waals surface area contributed by atoms with E-state index >= 15 is 0 Å². The highest BCUT2D eigenvalue weighted by Gasteiger charge is 2.27. The van der Waals surface area contributed by atoms with E-state index in [1.165, 1.54) is 12.8 Å². The molecule has 100 valence electrons. The summed E-state index contributed by atoms with van der Waals surface area (Å²) in [4.78, 5) is 13.9. The third kappa shape index (κ3) is 4.28. The lowest BCUT2D eigenvalue weighted by molar-refractivity contribution is -0.147. The van der Waals surface area contributed by atoms with Crippen molar-refractivity contribution in [2.45, 2.75) is 38.9 Å². The largest absolute Gasteiger partial charge is 0.354 e. The highest BCUT2D eigenvalue weighted by Crippen LogP contribution is 2.29. The summed E-state index contributed by atoms with van der Waals surface area (Å²) in [7, 11) is 5.01. The van der Waals surface area contributed by atoms with Crippen LogP contribution in [0.3, 0.4) is 0 Å². The van der Waals surface area contributed by atoms with Gasteiger partial charge in [-0.15, -0.1) is 0 Å². The van der Waals surface area contributed by atoms with Crippen molar-refractivity contribution in [1.82, 2.24) is 4.90 Å². The molecule has 4 heteroatoms. The summed E-state index contributed by atoms with van der Waals surface area (Å²) in [5.74, 6) is 1.21. The molecule has 1 amide bonds. The number of hydrogen-bond acceptors (Lipinski definition) is 3. The molecule has 1 saturated carbocycles. The number of nitrogens with zero attached hydrogens (tertiary/aromatic N) is 1. The lowest BCUT2D eigenvalue weighted by Gasteiger charge is -2.30. The zero-order valence-corrected chi connectivity index (χ0v) is 11.4. The summed E-state index contributed by atoms with van der Waals surface area (Å²) in [5, 5.41) is 0. The second-order valence-corrected chi connectivity index (χ2v) is 5.08. The van der Waals surface area contributed by atoms with Crippen molar-refractivity contribution in [2.75, 3.05) is 27.8 Å². The van der Waals surface area contributed by atoms with Crippen LogP contribution in [0.1, 0.15) is 32.6 Å². The minimum absolute atomic E-state index is 0.200. The first-order valence-electron chi connectivity index (χ1n) is 6.39. The quantitative estimate of drug-likeness (QED) is 0.692. The number of carbonyl (C=O) groups excluding carboxylic acids is 1. The van der Waals surface area contributed by atoms with Crippen LogP contribution in [0.15, 0.2) is 0 Å². The molecular weight excluding hydrogens is 218 g/mol. The Hall–Kier alpha value is -0.610. The Morgan fingerprint density at radius 3 is 2.24 bits per heavy atom. The molecule has 0 atom stereocenters. The minimum atomic E-state index is -0.327. The Kier molecular flexibility index (Phi) is 5.92. The molecule has 0 unspecified atom stereocenters. The second-order valence-electron chi connectivity index (χ2n) is 5.08. The van der Waals surface area contributed by atoms with Gasteiger partial charge in [0.2, 0.25) is 5.91 Å². The van der Waals surface area contributed by atoms with Gasteiger partial charge in [-0.05, 0) is 31.6 Å². The molecule has 0 bridgehead atoms. The molecule has 0 aromatic heterocycles.